The number of methoxy groups -OCH3 is 1. The highest BCUT2D eigenvalue weighted by Gasteiger charge is 2.23. The van der Waals surface area contributed by atoms with Crippen LogP contribution in [-0.2, 0) is 17.8 Å². The number of benzene rings is 2. The van der Waals surface area contributed by atoms with Gasteiger partial charge in [-0.15, -0.1) is 0 Å². The molecular weight excluding hydrogens is 408 g/mol. The average Bonchev–Trinajstić information content (AvgIpc) is 3.41. The van der Waals surface area contributed by atoms with E-state index in [0.29, 0.717) is 13.1 Å². The normalized spacial score (nSPS) is 19.8. The SMILES string of the molecule is COc1cc2c(cc1/C=C/C(=O)N1CCN(Cc3ccc4c(c3)OCO4)CC1)O[C@@H](C)C2. The molecule has 7 nitrogen and oxygen atoms in total. The molecule has 0 spiro atoms. The maximum atomic E-state index is 12.8. The summed E-state index contributed by atoms with van der Waals surface area (Å²) in [6.45, 7) is 6.25. The van der Waals surface area contributed by atoms with Crippen molar-refractivity contribution in [2.45, 2.75) is 26.0 Å². The fraction of sp³-hybridized carbons (Fsp3) is 0.400. The molecule has 5 rings (SSSR count). The van der Waals surface area contributed by atoms with E-state index in [2.05, 4.69) is 17.9 Å². The topological polar surface area (TPSA) is 60.5 Å². The lowest BCUT2D eigenvalue weighted by molar-refractivity contribution is -0.127. The van der Waals surface area contributed by atoms with Crippen molar-refractivity contribution in [2.24, 2.45) is 0 Å². The summed E-state index contributed by atoms with van der Waals surface area (Å²) in [7, 11) is 1.65. The number of hydrogen-bond donors (Lipinski definition) is 0. The van der Waals surface area contributed by atoms with Gasteiger partial charge in [-0.1, -0.05) is 6.07 Å². The molecule has 168 valence electrons. The molecule has 3 aliphatic heterocycles. The quantitative estimate of drug-likeness (QED) is 0.672. The third kappa shape index (κ3) is 4.25. The van der Waals surface area contributed by atoms with Gasteiger partial charge in [0, 0.05) is 56.3 Å². The standard InChI is InChI=1S/C25H28N2O5/c1-17-11-20-14-22(29-2)19(13-23(20)32-17)4-6-25(28)27-9-7-26(8-10-27)15-18-3-5-21-24(12-18)31-16-30-21/h3-6,12-14,17H,7-11,15-16H2,1-2H3/b6-4+/t17-/m0/s1. The Labute approximate surface area is 188 Å². The Kier molecular flexibility index (Phi) is 5.66. The Morgan fingerprint density at radius 1 is 1.09 bits per heavy atom. The number of nitrogens with zero attached hydrogens (tertiary/aromatic N) is 2. The third-order valence-corrected chi connectivity index (χ3v) is 6.18. The van der Waals surface area contributed by atoms with Gasteiger partial charge >= 0.3 is 0 Å². The van der Waals surface area contributed by atoms with Gasteiger partial charge in [0.25, 0.3) is 0 Å². The summed E-state index contributed by atoms with van der Waals surface area (Å²) in [5.41, 5.74) is 3.20. The molecule has 0 unspecified atom stereocenters. The number of piperazine rings is 1. The summed E-state index contributed by atoms with van der Waals surface area (Å²) in [4.78, 5) is 17.0. The van der Waals surface area contributed by atoms with Crippen molar-refractivity contribution in [3.05, 3.63) is 53.1 Å². The molecule has 7 heteroatoms. The molecule has 0 aliphatic carbocycles. The first kappa shape index (κ1) is 20.7. The van der Waals surface area contributed by atoms with Crippen molar-refractivity contribution in [1.29, 1.82) is 0 Å². The van der Waals surface area contributed by atoms with E-state index in [-0.39, 0.29) is 18.8 Å². The zero-order valence-corrected chi connectivity index (χ0v) is 18.5. The van der Waals surface area contributed by atoms with Crippen LogP contribution in [0, 0.1) is 0 Å². The van der Waals surface area contributed by atoms with Crippen LogP contribution in [0.25, 0.3) is 6.08 Å². The Morgan fingerprint density at radius 2 is 1.91 bits per heavy atom. The number of carbonyl (C=O) groups is 1. The van der Waals surface area contributed by atoms with Gasteiger partial charge in [0.1, 0.15) is 17.6 Å². The number of carbonyl (C=O) groups excluding carboxylic acids is 1. The van der Waals surface area contributed by atoms with E-state index in [4.69, 9.17) is 18.9 Å². The summed E-state index contributed by atoms with van der Waals surface area (Å²) in [5, 5.41) is 0. The zero-order chi connectivity index (χ0) is 22.1. The van der Waals surface area contributed by atoms with Crippen LogP contribution in [0.1, 0.15) is 23.6 Å². The minimum absolute atomic E-state index is 0.0181. The van der Waals surface area contributed by atoms with E-state index in [0.717, 1.165) is 60.2 Å². The van der Waals surface area contributed by atoms with Gasteiger partial charge < -0.3 is 23.8 Å². The van der Waals surface area contributed by atoms with E-state index in [1.54, 1.807) is 13.2 Å². The molecule has 3 heterocycles. The van der Waals surface area contributed by atoms with Gasteiger partial charge in [-0.25, -0.2) is 0 Å². The fourth-order valence-electron chi connectivity index (χ4n) is 4.45. The summed E-state index contributed by atoms with van der Waals surface area (Å²) in [6.07, 6.45) is 4.51. The molecule has 0 bridgehead atoms. The van der Waals surface area contributed by atoms with Crippen LogP contribution < -0.4 is 18.9 Å². The van der Waals surface area contributed by atoms with Crippen molar-refractivity contribution >= 4 is 12.0 Å². The largest absolute Gasteiger partial charge is 0.496 e. The van der Waals surface area contributed by atoms with Crippen molar-refractivity contribution < 1.29 is 23.7 Å². The molecule has 32 heavy (non-hydrogen) atoms. The molecule has 0 N–H and O–H groups in total. The minimum atomic E-state index is 0.0181. The summed E-state index contributed by atoms with van der Waals surface area (Å²) in [6, 6.07) is 10.0. The lowest BCUT2D eigenvalue weighted by Crippen LogP contribution is -2.47. The van der Waals surface area contributed by atoms with E-state index < -0.39 is 0 Å². The van der Waals surface area contributed by atoms with Crippen LogP contribution in [0.2, 0.25) is 0 Å². The van der Waals surface area contributed by atoms with Crippen molar-refractivity contribution in [1.82, 2.24) is 9.80 Å². The molecule has 0 saturated carbocycles. The third-order valence-electron chi connectivity index (χ3n) is 6.18. The smallest absolute Gasteiger partial charge is 0.246 e. The van der Waals surface area contributed by atoms with E-state index in [1.807, 2.05) is 35.2 Å². The highest BCUT2D eigenvalue weighted by molar-refractivity contribution is 5.92. The molecule has 1 amide bonds. The summed E-state index contributed by atoms with van der Waals surface area (Å²) in [5.74, 6) is 3.27. The highest BCUT2D eigenvalue weighted by Crippen LogP contribution is 2.36. The van der Waals surface area contributed by atoms with Crippen LogP contribution in [0.15, 0.2) is 36.4 Å². The van der Waals surface area contributed by atoms with Crippen LogP contribution in [0.3, 0.4) is 0 Å². The maximum Gasteiger partial charge on any atom is 0.246 e. The Bertz CT molecular complexity index is 1040. The van der Waals surface area contributed by atoms with Crippen LogP contribution >= 0.6 is 0 Å². The Balaban J connectivity index is 1.17. The van der Waals surface area contributed by atoms with Crippen molar-refractivity contribution in [3.8, 4) is 23.0 Å². The highest BCUT2D eigenvalue weighted by atomic mass is 16.7. The van der Waals surface area contributed by atoms with Gasteiger partial charge in [0.05, 0.1) is 7.11 Å². The molecule has 2 aromatic rings. The second kappa shape index (κ2) is 8.74. The van der Waals surface area contributed by atoms with Crippen LogP contribution in [0.4, 0.5) is 0 Å². The lowest BCUT2D eigenvalue weighted by atomic mass is 10.1. The van der Waals surface area contributed by atoms with Gasteiger partial charge in [-0.3, -0.25) is 9.69 Å². The summed E-state index contributed by atoms with van der Waals surface area (Å²) >= 11 is 0. The van der Waals surface area contributed by atoms with E-state index >= 15 is 0 Å². The van der Waals surface area contributed by atoms with Gasteiger partial charge in [0.2, 0.25) is 12.7 Å². The van der Waals surface area contributed by atoms with Gasteiger partial charge in [-0.05, 0) is 42.8 Å². The van der Waals surface area contributed by atoms with E-state index in [9.17, 15) is 4.79 Å². The number of ether oxygens (including phenoxy) is 4. The Morgan fingerprint density at radius 3 is 2.72 bits per heavy atom. The average molecular weight is 437 g/mol. The maximum absolute atomic E-state index is 12.8. The molecule has 0 radical (unpaired) electrons. The first-order valence-corrected chi connectivity index (χ1v) is 11.0. The van der Waals surface area contributed by atoms with Crippen molar-refractivity contribution in [3.63, 3.8) is 0 Å². The predicted molar refractivity (Wildman–Crippen MR) is 120 cm³/mol. The molecule has 3 aliphatic rings. The molecule has 2 aromatic carbocycles. The monoisotopic (exact) mass is 436 g/mol. The summed E-state index contributed by atoms with van der Waals surface area (Å²) < 4.78 is 22.2. The van der Waals surface area contributed by atoms with Crippen LogP contribution in [-0.4, -0.2) is 61.9 Å². The predicted octanol–water partition coefficient (Wildman–Crippen LogP) is 3.10. The molecule has 1 atom stereocenters. The second-order valence-corrected chi connectivity index (χ2v) is 8.46. The first-order chi connectivity index (χ1) is 15.6. The molecular formula is C25H28N2O5. The number of rotatable bonds is 5. The zero-order valence-electron chi connectivity index (χ0n) is 18.5. The van der Waals surface area contributed by atoms with Crippen LogP contribution in [0.5, 0.6) is 23.0 Å². The molecule has 0 aromatic heterocycles. The number of hydrogen-bond acceptors (Lipinski definition) is 6. The number of fused-ring (bicyclic) bond motifs is 2. The first-order valence-electron chi connectivity index (χ1n) is 11.0. The molecule has 1 fully saturated rings. The number of amides is 1. The molecule has 1 saturated heterocycles. The van der Waals surface area contributed by atoms with Gasteiger partial charge in [-0.2, -0.15) is 0 Å². The second-order valence-electron chi connectivity index (χ2n) is 8.46. The fourth-order valence-corrected chi connectivity index (χ4v) is 4.45. The van der Waals surface area contributed by atoms with Gasteiger partial charge in [0.15, 0.2) is 11.5 Å². The Hall–Kier alpha value is -3.19. The lowest BCUT2D eigenvalue weighted by Gasteiger charge is -2.34. The van der Waals surface area contributed by atoms with E-state index in [1.165, 1.54) is 5.56 Å². The van der Waals surface area contributed by atoms with Crippen molar-refractivity contribution in [2.75, 3.05) is 40.1 Å². The minimum Gasteiger partial charge on any atom is -0.496 e.